The van der Waals surface area contributed by atoms with Crippen LogP contribution in [-0.2, 0) is 6.54 Å². The van der Waals surface area contributed by atoms with Gasteiger partial charge in [-0.15, -0.1) is 24.0 Å². The zero-order chi connectivity index (χ0) is 17.9. The molecule has 7 nitrogen and oxygen atoms in total. The summed E-state index contributed by atoms with van der Waals surface area (Å²) in [6, 6.07) is 7.67. The predicted octanol–water partition coefficient (Wildman–Crippen LogP) is 3.34. The number of hydrogen-bond acceptors (Lipinski definition) is 4. The lowest BCUT2D eigenvalue weighted by Crippen LogP contribution is -2.37. The van der Waals surface area contributed by atoms with Crippen LogP contribution >= 0.6 is 24.0 Å². The van der Waals surface area contributed by atoms with Crippen molar-refractivity contribution in [1.82, 2.24) is 25.8 Å². The first kappa shape index (κ1) is 22.2. The predicted molar refractivity (Wildman–Crippen MR) is 116 cm³/mol. The molecule has 0 spiro atoms. The summed E-state index contributed by atoms with van der Waals surface area (Å²) in [7, 11) is 3.42. The Bertz CT molecular complexity index is 656. The monoisotopic (exact) mass is 472 g/mol. The van der Waals surface area contributed by atoms with Crippen LogP contribution in [0.4, 0.5) is 0 Å². The number of nitrogens with one attached hydrogen (secondary N) is 3. The van der Waals surface area contributed by atoms with Crippen molar-refractivity contribution in [3.8, 4) is 17.1 Å². The Balaban J connectivity index is 0.00000338. The maximum atomic E-state index is 5.16. The number of aliphatic imine (C=N–C) groups is 1. The minimum absolute atomic E-state index is 0. The van der Waals surface area contributed by atoms with Gasteiger partial charge in [-0.25, -0.2) is 4.98 Å². The summed E-state index contributed by atoms with van der Waals surface area (Å²) in [6.07, 6.45) is 4.92. The van der Waals surface area contributed by atoms with Crippen LogP contribution in [0.15, 0.2) is 29.3 Å². The van der Waals surface area contributed by atoms with E-state index in [1.807, 2.05) is 24.3 Å². The van der Waals surface area contributed by atoms with Crippen molar-refractivity contribution in [1.29, 1.82) is 0 Å². The third kappa shape index (κ3) is 7.19. The van der Waals surface area contributed by atoms with Crippen molar-refractivity contribution in [2.75, 3.05) is 20.7 Å². The van der Waals surface area contributed by atoms with E-state index in [1.54, 1.807) is 14.2 Å². The molecule has 1 heterocycles. The van der Waals surface area contributed by atoms with Crippen molar-refractivity contribution < 1.29 is 4.74 Å². The number of guanidine groups is 1. The zero-order valence-electron chi connectivity index (χ0n) is 15.7. The third-order valence-electron chi connectivity index (χ3n) is 3.85. The van der Waals surface area contributed by atoms with E-state index in [2.05, 4.69) is 37.7 Å². The lowest BCUT2D eigenvalue weighted by Gasteiger charge is -2.10. The van der Waals surface area contributed by atoms with Crippen molar-refractivity contribution in [3.63, 3.8) is 0 Å². The highest BCUT2D eigenvalue weighted by Crippen LogP contribution is 2.18. The summed E-state index contributed by atoms with van der Waals surface area (Å²) in [5.41, 5.74) is 0.946. The second-order valence-electron chi connectivity index (χ2n) is 5.75. The van der Waals surface area contributed by atoms with Crippen molar-refractivity contribution in [2.45, 2.75) is 39.2 Å². The summed E-state index contributed by atoms with van der Waals surface area (Å²) in [5.74, 6) is 3.02. The van der Waals surface area contributed by atoms with E-state index in [4.69, 9.17) is 4.74 Å². The second kappa shape index (κ2) is 12.5. The van der Waals surface area contributed by atoms with E-state index in [-0.39, 0.29) is 24.0 Å². The summed E-state index contributed by atoms with van der Waals surface area (Å²) in [5, 5.41) is 13.8. The molecule has 144 valence electrons. The quantitative estimate of drug-likeness (QED) is 0.226. The second-order valence-corrected chi connectivity index (χ2v) is 5.75. The third-order valence-corrected chi connectivity index (χ3v) is 3.85. The molecule has 0 saturated heterocycles. The zero-order valence-corrected chi connectivity index (χ0v) is 18.0. The fourth-order valence-corrected chi connectivity index (χ4v) is 2.39. The Morgan fingerprint density at radius 1 is 1.15 bits per heavy atom. The maximum Gasteiger partial charge on any atom is 0.191 e. The average molecular weight is 472 g/mol. The molecule has 0 aliphatic rings. The number of halogens is 1. The topological polar surface area (TPSA) is 87.2 Å². The van der Waals surface area contributed by atoms with Gasteiger partial charge in [0.2, 0.25) is 0 Å². The Hall–Kier alpha value is -1.84. The summed E-state index contributed by atoms with van der Waals surface area (Å²) in [4.78, 5) is 8.73. The van der Waals surface area contributed by atoms with Crippen molar-refractivity contribution in [2.24, 2.45) is 4.99 Å². The fraction of sp³-hybridized carbons (Fsp3) is 0.500. The van der Waals surface area contributed by atoms with Crippen LogP contribution in [0.3, 0.4) is 0 Å². The Labute approximate surface area is 172 Å². The molecule has 0 fully saturated rings. The van der Waals surface area contributed by atoms with E-state index < -0.39 is 0 Å². The number of benzene rings is 1. The first-order valence-corrected chi connectivity index (χ1v) is 8.77. The van der Waals surface area contributed by atoms with Crippen LogP contribution in [-0.4, -0.2) is 41.8 Å². The van der Waals surface area contributed by atoms with Crippen molar-refractivity contribution >= 4 is 29.9 Å². The van der Waals surface area contributed by atoms with Gasteiger partial charge in [0.15, 0.2) is 11.8 Å². The maximum absolute atomic E-state index is 5.16. The molecule has 0 bridgehead atoms. The highest BCUT2D eigenvalue weighted by atomic mass is 127. The lowest BCUT2D eigenvalue weighted by atomic mass is 10.2. The van der Waals surface area contributed by atoms with Crippen molar-refractivity contribution in [3.05, 3.63) is 30.1 Å². The number of hydrogen-bond donors (Lipinski definition) is 3. The number of H-pyrrole nitrogens is 1. The van der Waals surface area contributed by atoms with Gasteiger partial charge in [0.25, 0.3) is 0 Å². The smallest absolute Gasteiger partial charge is 0.191 e. The van der Waals surface area contributed by atoms with E-state index in [9.17, 15) is 0 Å². The molecular weight excluding hydrogens is 443 g/mol. The van der Waals surface area contributed by atoms with Gasteiger partial charge in [-0.3, -0.25) is 10.1 Å². The Kier molecular flexibility index (Phi) is 10.7. The molecule has 1 aromatic heterocycles. The highest BCUT2D eigenvalue weighted by Gasteiger charge is 2.07. The van der Waals surface area contributed by atoms with Gasteiger partial charge in [0.1, 0.15) is 11.6 Å². The summed E-state index contributed by atoms with van der Waals surface area (Å²) in [6.45, 7) is 3.68. The first-order chi connectivity index (χ1) is 12.3. The summed E-state index contributed by atoms with van der Waals surface area (Å²) < 4.78 is 5.16. The molecule has 2 rings (SSSR count). The molecule has 26 heavy (non-hydrogen) atoms. The average Bonchev–Trinajstić information content (AvgIpc) is 3.13. The van der Waals surface area contributed by atoms with E-state index in [0.29, 0.717) is 12.4 Å². The van der Waals surface area contributed by atoms with E-state index in [1.165, 1.54) is 19.3 Å². The first-order valence-electron chi connectivity index (χ1n) is 8.77. The SMILES string of the molecule is CCCCCCNC(=NC)NCc1nc(-c2ccc(OC)cc2)n[nH]1.I. The van der Waals surface area contributed by atoms with Crippen LogP contribution in [0, 0.1) is 0 Å². The molecule has 8 heteroatoms. The Morgan fingerprint density at radius 3 is 2.58 bits per heavy atom. The molecular formula is C18H29IN6O. The van der Waals surface area contributed by atoms with Gasteiger partial charge >= 0.3 is 0 Å². The van der Waals surface area contributed by atoms with Crippen LogP contribution < -0.4 is 15.4 Å². The molecule has 2 aromatic rings. The Morgan fingerprint density at radius 2 is 1.92 bits per heavy atom. The summed E-state index contributed by atoms with van der Waals surface area (Å²) >= 11 is 0. The standard InChI is InChI=1S/C18H28N6O.HI/c1-4-5-6-7-12-20-18(19-2)21-13-16-22-17(24-23-16)14-8-10-15(25-3)11-9-14;/h8-11H,4-7,12-13H2,1-3H3,(H2,19,20,21)(H,22,23,24);1H. The molecule has 0 amide bonds. The number of ether oxygens (including phenoxy) is 1. The largest absolute Gasteiger partial charge is 0.497 e. The van der Waals surface area contributed by atoms with E-state index in [0.717, 1.165) is 36.1 Å². The highest BCUT2D eigenvalue weighted by molar-refractivity contribution is 14.0. The molecule has 3 N–H and O–H groups in total. The van der Waals surface area contributed by atoms with Gasteiger partial charge in [-0.1, -0.05) is 26.2 Å². The molecule has 0 aliphatic heterocycles. The molecule has 0 unspecified atom stereocenters. The van der Waals surface area contributed by atoms with Crippen LogP contribution in [0.25, 0.3) is 11.4 Å². The number of aromatic amines is 1. The number of rotatable bonds is 9. The normalized spacial score (nSPS) is 11.0. The van der Waals surface area contributed by atoms with Gasteiger partial charge in [-0.05, 0) is 30.7 Å². The number of methoxy groups -OCH3 is 1. The molecule has 0 radical (unpaired) electrons. The molecule has 0 aliphatic carbocycles. The molecule has 0 atom stereocenters. The number of aromatic nitrogens is 3. The van der Waals surface area contributed by atoms with Crippen LogP contribution in [0.2, 0.25) is 0 Å². The van der Waals surface area contributed by atoms with Gasteiger partial charge in [0.05, 0.1) is 13.7 Å². The minimum Gasteiger partial charge on any atom is -0.497 e. The molecule has 0 saturated carbocycles. The lowest BCUT2D eigenvalue weighted by molar-refractivity contribution is 0.415. The van der Waals surface area contributed by atoms with Gasteiger partial charge < -0.3 is 15.4 Å². The number of unbranched alkanes of at least 4 members (excludes halogenated alkanes) is 3. The van der Waals surface area contributed by atoms with Gasteiger partial charge in [-0.2, -0.15) is 5.10 Å². The van der Waals surface area contributed by atoms with Gasteiger partial charge in [0, 0.05) is 19.2 Å². The minimum atomic E-state index is 0. The molecule has 1 aromatic carbocycles. The fourth-order valence-electron chi connectivity index (χ4n) is 2.39. The van der Waals surface area contributed by atoms with Crippen LogP contribution in [0.5, 0.6) is 5.75 Å². The van der Waals surface area contributed by atoms with E-state index >= 15 is 0 Å². The van der Waals surface area contributed by atoms with Crippen LogP contribution in [0.1, 0.15) is 38.4 Å². The number of nitrogens with zero attached hydrogens (tertiary/aromatic N) is 3.